The van der Waals surface area contributed by atoms with Crippen LogP contribution in [0, 0.1) is 0 Å². The second-order valence-corrected chi connectivity index (χ2v) is 2.94. The van der Waals surface area contributed by atoms with E-state index in [9.17, 15) is 5.21 Å². The first-order chi connectivity index (χ1) is 5.57. The zero-order chi connectivity index (χ0) is 9.56. The number of nitrogens with zero attached hydrogens (tertiary/aromatic N) is 1. The molecular weight excluding hydrogens is 150 g/mol. The van der Waals surface area contributed by atoms with Gasteiger partial charge in [0.1, 0.15) is 0 Å². The molecule has 0 aliphatic heterocycles. The lowest BCUT2D eigenvalue weighted by Gasteiger charge is -2.15. The first kappa shape index (κ1) is 11.0. The van der Waals surface area contributed by atoms with Crippen LogP contribution in [0.2, 0.25) is 0 Å². The highest BCUT2D eigenvalue weighted by Crippen LogP contribution is 1.99. The van der Waals surface area contributed by atoms with Crippen LogP contribution in [-0.4, -0.2) is 16.3 Å². The normalized spacial score (nSPS) is 12.6. The van der Waals surface area contributed by atoms with Crippen molar-refractivity contribution in [2.24, 2.45) is 0 Å². The third-order valence-electron chi connectivity index (χ3n) is 1.40. The summed E-state index contributed by atoms with van der Waals surface area (Å²) in [5.41, 5.74) is 1.06. The number of hydrogen-bond acceptors (Lipinski definition) is 2. The van der Waals surface area contributed by atoms with E-state index in [1.165, 1.54) is 5.06 Å². The molecule has 2 heteroatoms. The molecular formula is C10H17NO. The first-order valence-electron chi connectivity index (χ1n) is 4.02. The van der Waals surface area contributed by atoms with Crippen LogP contribution in [-0.2, 0) is 0 Å². The van der Waals surface area contributed by atoms with E-state index in [4.69, 9.17) is 0 Å². The summed E-state index contributed by atoms with van der Waals surface area (Å²) in [6.45, 7) is 9.35. The molecule has 2 nitrogen and oxygen atoms in total. The Bertz CT molecular complexity index is 192. The molecule has 0 bridgehead atoms. The Morgan fingerprint density at radius 1 is 1.50 bits per heavy atom. The van der Waals surface area contributed by atoms with Crippen molar-refractivity contribution in [2.75, 3.05) is 0 Å². The molecule has 0 aromatic carbocycles. The van der Waals surface area contributed by atoms with Crippen LogP contribution in [0.1, 0.15) is 20.8 Å². The minimum Gasteiger partial charge on any atom is -0.289 e. The van der Waals surface area contributed by atoms with Gasteiger partial charge < -0.3 is 0 Å². The van der Waals surface area contributed by atoms with Crippen molar-refractivity contribution in [1.82, 2.24) is 5.06 Å². The van der Waals surface area contributed by atoms with Crippen molar-refractivity contribution >= 4 is 0 Å². The zero-order valence-electron chi connectivity index (χ0n) is 7.99. The summed E-state index contributed by atoms with van der Waals surface area (Å²) in [6, 6.07) is 0.109. The fourth-order valence-electron chi connectivity index (χ4n) is 0.608. The minimum atomic E-state index is 0.109. The van der Waals surface area contributed by atoms with E-state index in [0.29, 0.717) is 0 Å². The summed E-state index contributed by atoms with van der Waals surface area (Å²) >= 11 is 0. The quantitative estimate of drug-likeness (QED) is 0.514. The van der Waals surface area contributed by atoms with Crippen LogP contribution in [0.3, 0.4) is 0 Å². The van der Waals surface area contributed by atoms with Crippen molar-refractivity contribution in [2.45, 2.75) is 26.8 Å². The zero-order valence-corrected chi connectivity index (χ0v) is 7.99. The van der Waals surface area contributed by atoms with Crippen LogP contribution in [0.25, 0.3) is 0 Å². The molecule has 0 radical (unpaired) electrons. The summed E-state index contributed by atoms with van der Waals surface area (Å²) in [5.74, 6) is 0. The van der Waals surface area contributed by atoms with E-state index in [0.717, 1.165) is 5.57 Å². The number of allylic oxidation sites excluding steroid dienone is 4. The molecule has 12 heavy (non-hydrogen) atoms. The molecule has 0 saturated heterocycles. The SMILES string of the molecule is C=C/C=C(C)/C=C\N(O)C(C)C. The van der Waals surface area contributed by atoms with E-state index in [1.807, 2.05) is 32.9 Å². The minimum absolute atomic E-state index is 0.109. The fraction of sp³-hybridized carbons (Fsp3) is 0.400. The standard InChI is InChI=1S/C10H17NO/c1-5-6-10(4)7-8-11(12)9(2)3/h5-9,12H,1H2,2-4H3/b8-7-,10-6+. The van der Waals surface area contributed by atoms with E-state index >= 15 is 0 Å². The van der Waals surface area contributed by atoms with Gasteiger partial charge in [-0.15, -0.1) is 0 Å². The lowest BCUT2D eigenvalue weighted by atomic mass is 10.3. The molecule has 0 spiro atoms. The average molecular weight is 167 g/mol. The largest absolute Gasteiger partial charge is 0.289 e. The fourth-order valence-corrected chi connectivity index (χ4v) is 0.608. The summed E-state index contributed by atoms with van der Waals surface area (Å²) in [6.07, 6.45) is 7.07. The molecule has 0 aromatic heterocycles. The molecule has 0 amide bonds. The predicted molar refractivity (Wildman–Crippen MR) is 51.9 cm³/mol. The molecule has 0 fully saturated rings. The van der Waals surface area contributed by atoms with E-state index in [1.54, 1.807) is 12.3 Å². The van der Waals surface area contributed by atoms with Gasteiger partial charge in [-0.05, 0) is 32.4 Å². The molecule has 0 aliphatic rings. The molecule has 0 heterocycles. The second kappa shape index (κ2) is 5.61. The molecule has 1 N–H and O–H groups in total. The first-order valence-corrected chi connectivity index (χ1v) is 4.02. The Hall–Kier alpha value is -1.02. The van der Waals surface area contributed by atoms with Gasteiger partial charge in [-0.25, -0.2) is 0 Å². The maximum absolute atomic E-state index is 9.24. The molecule has 0 unspecified atom stereocenters. The third-order valence-corrected chi connectivity index (χ3v) is 1.40. The maximum Gasteiger partial charge on any atom is 0.0500 e. The van der Waals surface area contributed by atoms with E-state index < -0.39 is 0 Å². The summed E-state index contributed by atoms with van der Waals surface area (Å²) in [7, 11) is 0. The number of hydrogen-bond donors (Lipinski definition) is 1. The van der Waals surface area contributed by atoms with Gasteiger partial charge in [0.25, 0.3) is 0 Å². The van der Waals surface area contributed by atoms with Crippen LogP contribution in [0.15, 0.2) is 36.6 Å². The third kappa shape index (κ3) is 4.74. The van der Waals surface area contributed by atoms with Crippen molar-refractivity contribution in [1.29, 1.82) is 0 Å². The number of hydroxylamine groups is 2. The Morgan fingerprint density at radius 2 is 2.08 bits per heavy atom. The Balaban J connectivity index is 4.06. The van der Waals surface area contributed by atoms with Crippen LogP contribution in [0.5, 0.6) is 0 Å². The van der Waals surface area contributed by atoms with Crippen LogP contribution >= 0.6 is 0 Å². The van der Waals surface area contributed by atoms with Crippen molar-refractivity contribution in [3.63, 3.8) is 0 Å². The smallest absolute Gasteiger partial charge is 0.0500 e. The van der Waals surface area contributed by atoms with Gasteiger partial charge in [0, 0.05) is 12.2 Å². The lowest BCUT2D eigenvalue weighted by Crippen LogP contribution is -2.20. The highest BCUT2D eigenvalue weighted by Gasteiger charge is 1.96. The van der Waals surface area contributed by atoms with Crippen LogP contribution in [0.4, 0.5) is 0 Å². The number of rotatable bonds is 4. The average Bonchev–Trinajstić information content (AvgIpc) is 2.00. The van der Waals surface area contributed by atoms with Gasteiger partial charge in [0.15, 0.2) is 0 Å². The van der Waals surface area contributed by atoms with Gasteiger partial charge in [0.05, 0.1) is 0 Å². The van der Waals surface area contributed by atoms with Gasteiger partial charge >= 0.3 is 0 Å². The van der Waals surface area contributed by atoms with Crippen molar-refractivity contribution in [3.05, 3.63) is 36.6 Å². The Labute approximate surface area is 74.5 Å². The lowest BCUT2D eigenvalue weighted by molar-refractivity contribution is -0.0677. The van der Waals surface area contributed by atoms with Gasteiger partial charge in [-0.1, -0.05) is 18.7 Å². The van der Waals surface area contributed by atoms with Gasteiger partial charge in [-0.3, -0.25) is 10.3 Å². The monoisotopic (exact) mass is 167 g/mol. The Kier molecular flexibility index (Phi) is 5.13. The summed E-state index contributed by atoms with van der Waals surface area (Å²) < 4.78 is 0. The van der Waals surface area contributed by atoms with E-state index in [2.05, 4.69) is 6.58 Å². The molecule has 0 aliphatic carbocycles. The van der Waals surface area contributed by atoms with E-state index in [-0.39, 0.29) is 6.04 Å². The van der Waals surface area contributed by atoms with Crippen LogP contribution < -0.4 is 0 Å². The highest BCUT2D eigenvalue weighted by molar-refractivity contribution is 5.19. The molecule has 68 valence electrons. The molecule has 0 saturated carbocycles. The second-order valence-electron chi connectivity index (χ2n) is 2.94. The molecule has 0 atom stereocenters. The molecule has 0 aromatic rings. The van der Waals surface area contributed by atoms with Crippen molar-refractivity contribution in [3.8, 4) is 0 Å². The van der Waals surface area contributed by atoms with Crippen molar-refractivity contribution < 1.29 is 5.21 Å². The highest BCUT2D eigenvalue weighted by atomic mass is 16.5. The maximum atomic E-state index is 9.24. The Morgan fingerprint density at radius 3 is 2.50 bits per heavy atom. The topological polar surface area (TPSA) is 23.5 Å². The van der Waals surface area contributed by atoms with Gasteiger partial charge in [-0.2, -0.15) is 0 Å². The summed E-state index contributed by atoms with van der Waals surface area (Å²) in [5, 5.41) is 10.4. The van der Waals surface area contributed by atoms with Gasteiger partial charge in [0.2, 0.25) is 0 Å². The summed E-state index contributed by atoms with van der Waals surface area (Å²) in [4.78, 5) is 0. The predicted octanol–water partition coefficient (Wildman–Crippen LogP) is 2.73. The molecule has 0 rings (SSSR count).